The first kappa shape index (κ1) is 14.4. The Kier molecular flexibility index (Phi) is 5.49. The molecule has 4 heteroatoms. The van der Waals surface area contributed by atoms with Crippen LogP contribution in [0.25, 0.3) is 0 Å². The van der Waals surface area contributed by atoms with Gasteiger partial charge in [0.1, 0.15) is 11.9 Å². The number of esters is 1. The molecule has 0 fully saturated rings. The second-order valence-corrected chi connectivity index (χ2v) is 4.61. The average Bonchev–Trinajstić information content (AvgIpc) is 2.28. The first-order chi connectivity index (χ1) is 8.49. The molecule has 1 aromatic rings. The van der Waals surface area contributed by atoms with Gasteiger partial charge in [0.05, 0.1) is 13.0 Å². The quantitative estimate of drug-likeness (QED) is 0.623. The molecule has 18 heavy (non-hydrogen) atoms. The van der Waals surface area contributed by atoms with E-state index in [2.05, 4.69) is 0 Å². The highest BCUT2D eigenvalue weighted by Crippen LogP contribution is 2.14. The lowest BCUT2D eigenvalue weighted by atomic mass is 10.1. The number of rotatable bonds is 6. The molecule has 0 amide bonds. The van der Waals surface area contributed by atoms with Gasteiger partial charge in [0.15, 0.2) is 0 Å². The van der Waals surface area contributed by atoms with E-state index >= 15 is 0 Å². The number of benzene rings is 1. The van der Waals surface area contributed by atoms with E-state index in [-0.39, 0.29) is 18.5 Å². The fourth-order valence-electron chi connectivity index (χ4n) is 1.26. The van der Waals surface area contributed by atoms with E-state index in [9.17, 15) is 4.79 Å². The van der Waals surface area contributed by atoms with Gasteiger partial charge in [-0.25, -0.2) is 0 Å². The lowest BCUT2D eigenvalue weighted by molar-refractivity contribution is -0.150. The summed E-state index contributed by atoms with van der Waals surface area (Å²) in [5, 5.41) is 0. The molecule has 1 unspecified atom stereocenters. The standard InChI is InChI=1S/C14H21NO3/c1-10(2)11(3)18-14(16)7-8-17-13-6-4-5-12(15)9-13/h4-6,9-11H,7-8,15H2,1-3H3. The zero-order valence-electron chi connectivity index (χ0n) is 11.2. The average molecular weight is 251 g/mol. The van der Waals surface area contributed by atoms with Crippen LogP contribution in [0.15, 0.2) is 24.3 Å². The molecule has 0 saturated carbocycles. The van der Waals surface area contributed by atoms with E-state index < -0.39 is 0 Å². The summed E-state index contributed by atoms with van der Waals surface area (Å²) in [6.45, 7) is 6.22. The second kappa shape index (κ2) is 6.89. The maximum Gasteiger partial charge on any atom is 0.309 e. The van der Waals surface area contributed by atoms with Gasteiger partial charge in [-0.05, 0) is 25.0 Å². The molecular formula is C14H21NO3. The third-order valence-electron chi connectivity index (χ3n) is 2.69. The van der Waals surface area contributed by atoms with Crippen molar-refractivity contribution in [2.24, 2.45) is 5.92 Å². The zero-order chi connectivity index (χ0) is 13.5. The molecule has 1 aromatic carbocycles. The fraction of sp³-hybridized carbons (Fsp3) is 0.500. The summed E-state index contributed by atoms with van der Waals surface area (Å²) in [6, 6.07) is 7.12. The minimum absolute atomic E-state index is 0.0649. The minimum Gasteiger partial charge on any atom is -0.493 e. The Hall–Kier alpha value is -1.71. The molecule has 0 aromatic heterocycles. The summed E-state index contributed by atoms with van der Waals surface area (Å²) in [7, 11) is 0. The summed E-state index contributed by atoms with van der Waals surface area (Å²) in [5.74, 6) is 0.753. The van der Waals surface area contributed by atoms with Crippen LogP contribution in [0.2, 0.25) is 0 Å². The predicted molar refractivity (Wildman–Crippen MR) is 71.4 cm³/mol. The summed E-state index contributed by atoms with van der Waals surface area (Å²) in [5.41, 5.74) is 6.26. The first-order valence-electron chi connectivity index (χ1n) is 6.17. The molecule has 0 saturated heterocycles. The maximum absolute atomic E-state index is 11.5. The molecular weight excluding hydrogens is 230 g/mol. The monoisotopic (exact) mass is 251 g/mol. The van der Waals surface area contributed by atoms with E-state index in [0.29, 0.717) is 24.0 Å². The van der Waals surface area contributed by atoms with Gasteiger partial charge < -0.3 is 15.2 Å². The Balaban J connectivity index is 2.27. The molecule has 4 nitrogen and oxygen atoms in total. The van der Waals surface area contributed by atoms with Crippen molar-refractivity contribution in [3.63, 3.8) is 0 Å². The van der Waals surface area contributed by atoms with Gasteiger partial charge in [-0.2, -0.15) is 0 Å². The third-order valence-corrected chi connectivity index (χ3v) is 2.69. The molecule has 0 spiro atoms. The molecule has 2 N–H and O–H groups in total. The van der Waals surface area contributed by atoms with Crippen molar-refractivity contribution in [1.29, 1.82) is 0 Å². The number of nitrogen functional groups attached to an aromatic ring is 1. The van der Waals surface area contributed by atoms with Crippen LogP contribution in [0.1, 0.15) is 27.2 Å². The molecule has 0 heterocycles. The van der Waals surface area contributed by atoms with Crippen molar-refractivity contribution < 1.29 is 14.3 Å². The smallest absolute Gasteiger partial charge is 0.309 e. The van der Waals surface area contributed by atoms with E-state index in [1.807, 2.05) is 26.8 Å². The van der Waals surface area contributed by atoms with Crippen LogP contribution in [-0.2, 0) is 9.53 Å². The van der Waals surface area contributed by atoms with Crippen molar-refractivity contribution in [3.05, 3.63) is 24.3 Å². The normalized spacial score (nSPS) is 12.2. The van der Waals surface area contributed by atoms with Crippen molar-refractivity contribution in [2.45, 2.75) is 33.3 Å². The van der Waals surface area contributed by atoms with Gasteiger partial charge in [-0.1, -0.05) is 19.9 Å². The van der Waals surface area contributed by atoms with Crippen LogP contribution < -0.4 is 10.5 Å². The van der Waals surface area contributed by atoms with Crippen LogP contribution in [0, 0.1) is 5.92 Å². The zero-order valence-corrected chi connectivity index (χ0v) is 11.2. The van der Waals surface area contributed by atoms with Gasteiger partial charge in [-0.3, -0.25) is 4.79 Å². The number of ether oxygens (including phenoxy) is 2. The highest BCUT2D eigenvalue weighted by atomic mass is 16.5. The molecule has 0 aliphatic rings. The Morgan fingerprint density at radius 2 is 2.06 bits per heavy atom. The summed E-state index contributed by atoms with van der Waals surface area (Å²) in [4.78, 5) is 11.5. The van der Waals surface area contributed by atoms with E-state index in [1.54, 1.807) is 18.2 Å². The Labute approximate surface area is 108 Å². The largest absolute Gasteiger partial charge is 0.493 e. The van der Waals surface area contributed by atoms with E-state index in [4.69, 9.17) is 15.2 Å². The summed E-state index contributed by atoms with van der Waals surface area (Å²) in [6.07, 6.45) is 0.177. The summed E-state index contributed by atoms with van der Waals surface area (Å²) >= 11 is 0. The number of anilines is 1. The van der Waals surface area contributed by atoms with Gasteiger partial charge in [0.2, 0.25) is 0 Å². The highest BCUT2D eigenvalue weighted by Gasteiger charge is 2.12. The van der Waals surface area contributed by atoms with Crippen molar-refractivity contribution in [1.82, 2.24) is 0 Å². The Bertz CT molecular complexity index is 390. The highest BCUT2D eigenvalue weighted by molar-refractivity contribution is 5.69. The van der Waals surface area contributed by atoms with Crippen LogP contribution in [-0.4, -0.2) is 18.7 Å². The molecule has 0 aliphatic heterocycles. The number of nitrogens with two attached hydrogens (primary N) is 1. The molecule has 1 rings (SSSR count). The van der Waals surface area contributed by atoms with Crippen LogP contribution in [0.5, 0.6) is 5.75 Å². The third kappa shape index (κ3) is 5.08. The van der Waals surface area contributed by atoms with Crippen molar-refractivity contribution >= 4 is 11.7 Å². The number of carbonyl (C=O) groups excluding carboxylic acids is 1. The van der Waals surface area contributed by atoms with E-state index in [0.717, 1.165) is 0 Å². The molecule has 0 bridgehead atoms. The topological polar surface area (TPSA) is 61.5 Å². The number of carbonyl (C=O) groups is 1. The number of hydrogen-bond donors (Lipinski definition) is 1. The lowest BCUT2D eigenvalue weighted by Crippen LogP contribution is -2.21. The fourth-order valence-corrected chi connectivity index (χ4v) is 1.26. The minimum atomic E-state index is -0.236. The molecule has 1 atom stereocenters. The molecule has 0 radical (unpaired) electrons. The SMILES string of the molecule is CC(C)C(C)OC(=O)CCOc1cccc(N)c1. The maximum atomic E-state index is 11.5. The molecule has 100 valence electrons. The van der Waals surface area contributed by atoms with Crippen molar-refractivity contribution in [2.75, 3.05) is 12.3 Å². The van der Waals surface area contributed by atoms with E-state index in [1.165, 1.54) is 0 Å². The Morgan fingerprint density at radius 3 is 2.67 bits per heavy atom. The molecule has 0 aliphatic carbocycles. The van der Waals surface area contributed by atoms with Crippen LogP contribution in [0.3, 0.4) is 0 Å². The van der Waals surface area contributed by atoms with Gasteiger partial charge in [0, 0.05) is 11.8 Å². The van der Waals surface area contributed by atoms with Gasteiger partial charge >= 0.3 is 5.97 Å². The van der Waals surface area contributed by atoms with Gasteiger partial charge in [-0.15, -0.1) is 0 Å². The van der Waals surface area contributed by atoms with Gasteiger partial charge in [0.25, 0.3) is 0 Å². The van der Waals surface area contributed by atoms with Crippen molar-refractivity contribution in [3.8, 4) is 5.75 Å². The first-order valence-corrected chi connectivity index (χ1v) is 6.17. The van der Waals surface area contributed by atoms with Crippen LogP contribution in [0.4, 0.5) is 5.69 Å². The van der Waals surface area contributed by atoms with Crippen LogP contribution >= 0.6 is 0 Å². The Morgan fingerprint density at radius 1 is 1.33 bits per heavy atom. The number of hydrogen-bond acceptors (Lipinski definition) is 4. The predicted octanol–water partition coefficient (Wildman–Crippen LogP) is 2.63. The second-order valence-electron chi connectivity index (χ2n) is 4.61. The lowest BCUT2D eigenvalue weighted by Gasteiger charge is -2.16. The summed E-state index contributed by atoms with van der Waals surface area (Å²) < 4.78 is 10.6.